The van der Waals surface area contributed by atoms with Crippen molar-refractivity contribution in [2.75, 3.05) is 5.32 Å². The summed E-state index contributed by atoms with van der Waals surface area (Å²) in [6.07, 6.45) is 0. The Balaban J connectivity index is 2.19. The van der Waals surface area contributed by atoms with E-state index in [1.165, 1.54) is 24.3 Å². The molecule has 0 unspecified atom stereocenters. The van der Waals surface area contributed by atoms with Gasteiger partial charge in [-0.05, 0) is 58.7 Å². The average Bonchev–Trinajstić information content (AvgIpc) is 2.38. The van der Waals surface area contributed by atoms with Crippen molar-refractivity contribution < 1.29 is 13.2 Å². The maximum absolute atomic E-state index is 13.7. The predicted octanol–water partition coefficient (Wildman–Crippen LogP) is 4.79. The molecule has 2 aromatic rings. The highest BCUT2D eigenvalue weighted by Crippen LogP contribution is 2.23. The largest absolute Gasteiger partial charge is 0.381 e. The second kappa shape index (κ2) is 5.65. The summed E-state index contributed by atoms with van der Waals surface area (Å²) < 4.78 is 40.5. The number of hydrogen-bond acceptors (Lipinski definition) is 1. The van der Waals surface area contributed by atoms with E-state index in [9.17, 15) is 13.2 Å². The van der Waals surface area contributed by atoms with Crippen molar-refractivity contribution in [3.8, 4) is 0 Å². The van der Waals surface area contributed by atoms with Crippen LogP contribution in [0.1, 0.15) is 11.1 Å². The van der Waals surface area contributed by atoms with Crippen LogP contribution in [0.15, 0.2) is 34.8 Å². The van der Waals surface area contributed by atoms with Gasteiger partial charge in [0.1, 0.15) is 17.5 Å². The quantitative estimate of drug-likeness (QED) is 0.798. The van der Waals surface area contributed by atoms with E-state index in [2.05, 4.69) is 21.2 Å². The molecule has 0 radical (unpaired) electrons. The molecule has 1 N–H and O–H groups in total. The molecule has 100 valence electrons. The molecule has 2 aromatic carbocycles. The van der Waals surface area contributed by atoms with Crippen LogP contribution in [0.3, 0.4) is 0 Å². The molecule has 0 saturated heterocycles. The zero-order valence-electron chi connectivity index (χ0n) is 10.1. The summed E-state index contributed by atoms with van der Waals surface area (Å²) in [5.74, 6) is -1.57. The summed E-state index contributed by atoms with van der Waals surface area (Å²) in [7, 11) is 0. The van der Waals surface area contributed by atoms with Gasteiger partial charge in [-0.25, -0.2) is 13.2 Å². The molecule has 1 nitrogen and oxygen atoms in total. The van der Waals surface area contributed by atoms with E-state index in [-0.39, 0.29) is 22.4 Å². The second-order valence-electron chi connectivity index (χ2n) is 4.14. The van der Waals surface area contributed by atoms with Gasteiger partial charge in [0.15, 0.2) is 0 Å². The maximum atomic E-state index is 13.7. The van der Waals surface area contributed by atoms with Gasteiger partial charge in [-0.15, -0.1) is 0 Å². The lowest BCUT2D eigenvalue weighted by atomic mass is 10.1. The number of halogens is 4. The summed E-state index contributed by atoms with van der Waals surface area (Å²) in [6.45, 7) is 1.61. The van der Waals surface area contributed by atoms with Crippen LogP contribution in [0.4, 0.5) is 18.9 Å². The van der Waals surface area contributed by atoms with E-state index in [1.807, 2.05) is 0 Å². The van der Waals surface area contributed by atoms with Crippen LogP contribution in [0.25, 0.3) is 0 Å². The molecule has 0 aliphatic heterocycles. The van der Waals surface area contributed by atoms with Crippen LogP contribution in [0, 0.1) is 24.4 Å². The van der Waals surface area contributed by atoms with Gasteiger partial charge in [0.25, 0.3) is 0 Å². The molecule has 0 aliphatic rings. The number of aryl methyl sites for hydroxylation is 1. The SMILES string of the molecule is Cc1cc(NCc2c(F)ccc(Br)c2F)ccc1F. The van der Waals surface area contributed by atoms with Crippen LogP contribution in [0.2, 0.25) is 0 Å². The molecule has 0 aromatic heterocycles. The zero-order chi connectivity index (χ0) is 14.0. The first-order valence-electron chi connectivity index (χ1n) is 5.61. The molecule has 0 fully saturated rings. The standard InChI is InChI=1S/C14H11BrF3N/c1-8-6-9(2-4-12(8)16)19-7-10-13(17)5-3-11(15)14(10)18/h2-6,19H,7H2,1H3. The molecule has 0 atom stereocenters. The first kappa shape index (κ1) is 13.9. The fraction of sp³-hybridized carbons (Fsp3) is 0.143. The normalized spacial score (nSPS) is 10.6. The van der Waals surface area contributed by atoms with Crippen molar-refractivity contribution >= 4 is 21.6 Å². The molecular formula is C14H11BrF3N. The first-order chi connectivity index (χ1) is 8.99. The van der Waals surface area contributed by atoms with Crippen LogP contribution in [-0.4, -0.2) is 0 Å². The third kappa shape index (κ3) is 3.10. The number of hydrogen-bond donors (Lipinski definition) is 1. The van der Waals surface area contributed by atoms with Crippen molar-refractivity contribution in [2.45, 2.75) is 13.5 Å². The van der Waals surface area contributed by atoms with E-state index in [0.717, 1.165) is 0 Å². The summed E-state index contributed by atoms with van der Waals surface area (Å²) in [5.41, 5.74) is 1.02. The van der Waals surface area contributed by atoms with Gasteiger partial charge in [0.2, 0.25) is 0 Å². The summed E-state index contributed by atoms with van der Waals surface area (Å²) in [6, 6.07) is 6.93. The number of rotatable bonds is 3. The second-order valence-corrected chi connectivity index (χ2v) is 4.99. The van der Waals surface area contributed by atoms with Gasteiger partial charge in [0, 0.05) is 17.8 Å². The summed E-state index contributed by atoms with van der Waals surface area (Å²) >= 11 is 3.01. The van der Waals surface area contributed by atoms with Gasteiger partial charge in [-0.3, -0.25) is 0 Å². The Morgan fingerprint density at radius 3 is 2.42 bits per heavy atom. The van der Waals surface area contributed by atoms with Crippen molar-refractivity contribution in [1.82, 2.24) is 0 Å². The molecule has 2 rings (SSSR count). The highest BCUT2D eigenvalue weighted by atomic mass is 79.9. The van der Waals surface area contributed by atoms with Gasteiger partial charge in [-0.1, -0.05) is 0 Å². The molecule has 0 amide bonds. The monoisotopic (exact) mass is 329 g/mol. The van der Waals surface area contributed by atoms with Crippen molar-refractivity contribution in [2.24, 2.45) is 0 Å². The minimum absolute atomic E-state index is 0.0117. The zero-order valence-corrected chi connectivity index (χ0v) is 11.7. The van der Waals surface area contributed by atoms with Gasteiger partial charge < -0.3 is 5.32 Å². The smallest absolute Gasteiger partial charge is 0.145 e. The first-order valence-corrected chi connectivity index (χ1v) is 6.40. The number of nitrogens with one attached hydrogen (secondary N) is 1. The molecule has 0 spiro atoms. The Labute approximate surface area is 117 Å². The van der Waals surface area contributed by atoms with Gasteiger partial charge in [0.05, 0.1) is 4.47 Å². The summed E-state index contributed by atoms with van der Waals surface area (Å²) in [5, 5.41) is 2.87. The fourth-order valence-corrected chi connectivity index (χ4v) is 2.05. The van der Waals surface area contributed by atoms with Crippen molar-refractivity contribution in [1.29, 1.82) is 0 Å². The van der Waals surface area contributed by atoms with E-state index in [0.29, 0.717) is 11.3 Å². The highest BCUT2D eigenvalue weighted by Gasteiger charge is 2.12. The third-order valence-corrected chi connectivity index (χ3v) is 3.38. The Bertz CT molecular complexity index is 614. The minimum Gasteiger partial charge on any atom is -0.381 e. The molecule has 5 heteroatoms. The molecule has 0 aliphatic carbocycles. The predicted molar refractivity (Wildman–Crippen MR) is 72.5 cm³/mol. The lowest BCUT2D eigenvalue weighted by Gasteiger charge is -2.10. The topological polar surface area (TPSA) is 12.0 Å². The van der Waals surface area contributed by atoms with Crippen LogP contribution >= 0.6 is 15.9 Å². The number of benzene rings is 2. The van der Waals surface area contributed by atoms with E-state index >= 15 is 0 Å². The Hall–Kier alpha value is -1.49. The Kier molecular flexibility index (Phi) is 4.14. The molecule has 0 bridgehead atoms. The average molecular weight is 330 g/mol. The molecule has 0 heterocycles. The fourth-order valence-electron chi connectivity index (χ4n) is 1.68. The lowest BCUT2D eigenvalue weighted by Crippen LogP contribution is -2.05. The lowest BCUT2D eigenvalue weighted by molar-refractivity contribution is 0.555. The highest BCUT2D eigenvalue weighted by molar-refractivity contribution is 9.10. The van der Waals surface area contributed by atoms with Gasteiger partial charge >= 0.3 is 0 Å². The minimum atomic E-state index is -0.633. The summed E-state index contributed by atoms with van der Waals surface area (Å²) in [4.78, 5) is 0. The van der Waals surface area contributed by atoms with Crippen LogP contribution in [0.5, 0.6) is 0 Å². The van der Waals surface area contributed by atoms with E-state index in [1.54, 1.807) is 13.0 Å². The maximum Gasteiger partial charge on any atom is 0.145 e. The van der Waals surface area contributed by atoms with E-state index < -0.39 is 11.6 Å². The molecular weight excluding hydrogens is 319 g/mol. The Morgan fingerprint density at radius 2 is 1.74 bits per heavy atom. The number of anilines is 1. The van der Waals surface area contributed by atoms with Gasteiger partial charge in [-0.2, -0.15) is 0 Å². The Morgan fingerprint density at radius 1 is 1.05 bits per heavy atom. The third-order valence-electron chi connectivity index (χ3n) is 2.77. The molecule has 0 saturated carbocycles. The van der Waals surface area contributed by atoms with Crippen molar-refractivity contribution in [3.05, 3.63) is 63.4 Å². The van der Waals surface area contributed by atoms with E-state index in [4.69, 9.17) is 0 Å². The van der Waals surface area contributed by atoms with Crippen molar-refractivity contribution in [3.63, 3.8) is 0 Å². The molecule has 19 heavy (non-hydrogen) atoms. The van der Waals surface area contributed by atoms with Crippen LogP contribution in [-0.2, 0) is 6.54 Å². The van der Waals surface area contributed by atoms with Crippen LogP contribution < -0.4 is 5.32 Å².